The van der Waals surface area contributed by atoms with Gasteiger partial charge in [-0.1, -0.05) is 19.8 Å². The van der Waals surface area contributed by atoms with Crippen LogP contribution in [0.3, 0.4) is 0 Å². The fourth-order valence-corrected chi connectivity index (χ4v) is 3.77. The number of hydrogen-bond donors (Lipinski definition) is 1. The molecule has 0 saturated heterocycles. The molecule has 1 rings (SSSR count). The molecule has 0 aliphatic heterocycles. The zero-order valence-corrected chi connectivity index (χ0v) is 11.5. The molecule has 2 unspecified atom stereocenters. The van der Waals surface area contributed by atoms with E-state index in [1.807, 2.05) is 6.92 Å². The van der Waals surface area contributed by atoms with E-state index in [-0.39, 0.29) is 11.1 Å². The first kappa shape index (κ1) is 14.3. The average molecular weight is 268 g/mol. The molecule has 1 aliphatic rings. The average Bonchev–Trinajstić information content (AvgIpc) is 2.24. The second-order valence-corrected chi connectivity index (χ2v) is 7.19. The molecule has 0 bridgehead atoms. The third kappa shape index (κ3) is 5.51. The normalized spacial score (nSPS) is 26.9. The van der Waals surface area contributed by atoms with Gasteiger partial charge in [-0.05, 0) is 31.6 Å². The summed E-state index contributed by atoms with van der Waals surface area (Å²) in [5.74, 6) is 0.674. The Morgan fingerprint density at radius 2 is 2.12 bits per heavy atom. The van der Waals surface area contributed by atoms with Crippen LogP contribution in [0.4, 0.5) is 0 Å². The van der Waals surface area contributed by atoms with Crippen molar-refractivity contribution in [1.82, 2.24) is 4.72 Å². The molecule has 0 aromatic rings. The van der Waals surface area contributed by atoms with E-state index in [1.54, 1.807) is 0 Å². The molecule has 1 N–H and O–H groups in total. The molecule has 96 valence electrons. The maximum absolute atomic E-state index is 11.6. The van der Waals surface area contributed by atoms with Gasteiger partial charge in [-0.3, -0.25) is 0 Å². The van der Waals surface area contributed by atoms with Crippen LogP contribution < -0.4 is 4.72 Å². The molecule has 2 atom stereocenters. The van der Waals surface area contributed by atoms with Gasteiger partial charge < -0.3 is 0 Å². The summed E-state index contributed by atoms with van der Waals surface area (Å²) in [4.78, 5) is 0. The smallest absolute Gasteiger partial charge is 0.211 e. The van der Waals surface area contributed by atoms with E-state index in [4.69, 9.17) is 11.6 Å². The Morgan fingerprint density at radius 3 is 2.75 bits per heavy atom. The number of alkyl halides is 1. The number of halogens is 1. The molecule has 1 fully saturated rings. The first-order valence-electron chi connectivity index (χ1n) is 6.15. The molecule has 0 amide bonds. The Hall–Kier alpha value is 0.200. The van der Waals surface area contributed by atoms with Crippen LogP contribution in [0.25, 0.3) is 0 Å². The predicted molar refractivity (Wildman–Crippen MR) is 68.3 cm³/mol. The summed E-state index contributed by atoms with van der Waals surface area (Å²) in [5, 5.41) is 0.235. The molecular formula is C11H22ClNO2S. The standard InChI is InChI=1S/C11H22ClNO2S/c1-2-3-7-16(14,15)13-9-10-5-4-6-11(12)8-10/h10-11,13H,2-9H2,1H3. The van der Waals surface area contributed by atoms with E-state index in [0.717, 1.165) is 38.5 Å². The minimum Gasteiger partial charge on any atom is -0.215 e. The molecule has 3 nitrogen and oxygen atoms in total. The van der Waals surface area contributed by atoms with Gasteiger partial charge >= 0.3 is 0 Å². The minimum absolute atomic E-state index is 0.235. The van der Waals surface area contributed by atoms with Crippen LogP contribution in [0.5, 0.6) is 0 Å². The number of rotatable bonds is 6. The molecule has 5 heteroatoms. The number of hydrogen-bond acceptors (Lipinski definition) is 2. The molecule has 0 spiro atoms. The van der Waals surface area contributed by atoms with Crippen LogP contribution in [0.15, 0.2) is 0 Å². The van der Waals surface area contributed by atoms with E-state index in [2.05, 4.69) is 4.72 Å². The van der Waals surface area contributed by atoms with Crippen LogP contribution in [0.2, 0.25) is 0 Å². The van der Waals surface area contributed by atoms with Crippen LogP contribution in [0.1, 0.15) is 45.4 Å². The van der Waals surface area contributed by atoms with Crippen LogP contribution in [0, 0.1) is 5.92 Å². The Balaban J connectivity index is 2.27. The van der Waals surface area contributed by atoms with Crippen molar-refractivity contribution in [2.45, 2.75) is 50.8 Å². The first-order chi connectivity index (χ1) is 7.53. The molecule has 16 heavy (non-hydrogen) atoms. The summed E-state index contributed by atoms with van der Waals surface area (Å²) in [7, 11) is -3.05. The molecule has 0 heterocycles. The summed E-state index contributed by atoms with van der Waals surface area (Å²) >= 11 is 6.07. The van der Waals surface area contributed by atoms with E-state index in [9.17, 15) is 8.42 Å². The molecule has 0 radical (unpaired) electrons. The van der Waals surface area contributed by atoms with Crippen LogP contribution in [-0.2, 0) is 10.0 Å². The van der Waals surface area contributed by atoms with E-state index < -0.39 is 10.0 Å². The van der Waals surface area contributed by atoms with Crippen molar-refractivity contribution in [2.24, 2.45) is 5.92 Å². The van der Waals surface area contributed by atoms with Gasteiger partial charge in [0.2, 0.25) is 10.0 Å². The summed E-state index contributed by atoms with van der Waals surface area (Å²) in [6, 6.07) is 0. The highest BCUT2D eigenvalue weighted by Gasteiger charge is 2.21. The molecule has 1 aliphatic carbocycles. The summed E-state index contributed by atoms with van der Waals surface area (Å²) in [6.07, 6.45) is 5.87. The number of sulfonamides is 1. The van der Waals surface area contributed by atoms with Crippen molar-refractivity contribution >= 4 is 21.6 Å². The van der Waals surface area contributed by atoms with Crippen molar-refractivity contribution in [3.8, 4) is 0 Å². The first-order valence-corrected chi connectivity index (χ1v) is 8.23. The minimum atomic E-state index is -3.05. The second-order valence-electron chi connectivity index (χ2n) is 4.65. The van der Waals surface area contributed by atoms with Gasteiger partial charge in [-0.15, -0.1) is 11.6 Å². The van der Waals surface area contributed by atoms with Gasteiger partial charge in [0.25, 0.3) is 0 Å². The van der Waals surface area contributed by atoms with Crippen LogP contribution in [-0.4, -0.2) is 26.1 Å². The second kappa shape index (κ2) is 6.82. The molecular weight excluding hydrogens is 246 g/mol. The molecule has 0 aromatic heterocycles. The summed E-state index contributed by atoms with van der Waals surface area (Å²) in [5.41, 5.74) is 0. The van der Waals surface area contributed by atoms with Gasteiger partial charge in [-0.25, -0.2) is 13.1 Å². The van der Waals surface area contributed by atoms with Crippen molar-refractivity contribution in [3.05, 3.63) is 0 Å². The SMILES string of the molecule is CCCCS(=O)(=O)NCC1CCCC(Cl)C1. The Morgan fingerprint density at radius 1 is 1.38 bits per heavy atom. The highest BCUT2D eigenvalue weighted by Crippen LogP contribution is 2.27. The third-order valence-corrected chi connectivity index (χ3v) is 4.91. The number of unbranched alkanes of at least 4 members (excludes halogenated alkanes) is 1. The zero-order valence-electron chi connectivity index (χ0n) is 9.91. The Labute approximate surface area is 104 Å². The molecule has 0 aromatic carbocycles. The Bertz CT molecular complexity index is 292. The van der Waals surface area contributed by atoms with Gasteiger partial charge in [0.15, 0.2) is 0 Å². The maximum Gasteiger partial charge on any atom is 0.211 e. The fraction of sp³-hybridized carbons (Fsp3) is 1.00. The quantitative estimate of drug-likeness (QED) is 0.752. The van der Waals surface area contributed by atoms with Gasteiger partial charge in [0.1, 0.15) is 0 Å². The topological polar surface area (TPSA) is 46.2 Å². The monoisotopic (exact) mass is 267 g/mol. The van der Waals surface area contributed by atoms with Crippen molar-refractivity contribution in [1.29, 1.82) is 0 Å². The Kier molecular flexibility index (Phi) is 6.08. The lowest BCUT2D eigenvalue weighted by Gasteiger charge is -2.25. The largest absolute Gasteiger partial charge is 0.215 e. The van der Waals surface area contributed by atoms with E-state index >= 15 is 0 Å². The highest BCUT2D eigenvalue weighted by atomic mass is 35.5. The maximum atomic E-state index is 11.6. The van der Waals surface area contributed by atoms with Crippen molar-refractivity contribution in [2.75, 3.05) is 12.3 Å². The van der Waals surface area contributed by atoms with E-state index in [0.29, 0.717) is 12.5 Å². The summed E-state index contributed by atoms with van der Waals surface area (Å²) < 4.78 is 25.8. The van der Waals surface area contributed by atoms with Crippen molar-refractivity contribution in [3.63, 3.8) is 0 Å². The highest BCUT2D eigenvalue weighted by molar-refractivity contribution is 7.89. The van der Waals surface area contributed by atoms with Gasteiger partial charge in [0, 0.05) is 11.9 Å². The lowest BCUT2D eigenvalue weighted by Crippen LogP contribution is -2.33. The molecule has 1 saturated carbocycles. The van der Waals surface area contributed by atoms with Gasteiger partial charge in [0.05, 0.1) is 5.75 Å². The number of nitrogens with one attached hydrogen (secondary N) is 1. The van der Waals surface area contributed by atoms with Gasteiger partial charge in [-0.2, -0.15) is 0 Å². The zero-order chi connectivity index (χ0) is 12.0. The predicted octanol–water partition coefficient (Wildman–Crippen LogP) is 2.50. The fourth-order valence-electron chi connectivity index (χ4n) is 2.06. The van der Waals surface area contributed by atoms with Crippen molar-refractivity contribution < 1.29 is 8.42 Å². The lowest BCUT2D eigenvalue weighted by molar-refractivity contribution is 0.361. The third-order valence-electron chi connectivity index (χ3n) is 3.08. The van der Waals surface area contributed by atoms with Crippen LogP contribution >= 0.6 is 11.6 Å². The van der Waals surface area contributed by atoms with E-state index in [1.165, 1.54) is 0 Å². The summed E-state index contributed by atoms with van der Waals surface area (Å²) in [6.45, 7) is 2.56. The lowest BCUT2D eigenvalue weighted by atomic mass is 9.89.